The van der Waals surface area contributed by atoms with Gasteiger partial charge in [-0.3, -0.25) is 4.79 Å². The highest BCUT2D eigenvalue weighted by atomic mass is 16.5. The molecule has 0 unspecified atom stereocenters. The molecule has 1 aromatic carbocycles. The van der Waals surface area contributed by atoms with Gasteiger partial charge in [0.05, 0.1) is 5.60 Å². The Balaban J connectivity index is 2.69. The predicted octanol–water partition coefficient (Wildman–Crippen LogP) is 1.59. The van der Waals surface area contributed by atoms with Gasteiger partial charge in [-0.1, -0.05) is 6.07 Å². The molecular formula is C13H19NO3. The van der Waals surface area contributed by atoms with Crippen molar-refractivity contribution in [3.8, 4) is 5.75 Å². The summed E-state index contributed by atoms with van der Waals surface area (Å²) in [5.74, 6) is 0.456. The summed E-state index contributed by atoms with van der Waals surface area (Å²) in [5, 5.41) is 12.3. The molecule has 0 saturated heterocycles. The molecule has 0 saturated carbocycles. The molecule has 0 heterocycles. The van der Waals surface area contributed by atoms with Gasteiger partial charge in [-0.15, -0.1) is 0 Å². The molecule has 0 bridgehead atoms. The van der Waals surface area contributed by atoms with E-state index in [1.165, 1.54) is 0 Å². The van der Waals surface area contributed by atoms with Crippen LogP contribution in [0.1, 0.15) is 31.1 Å². The highest BCUT2D eigenvalue weighted by Crippen LogP contribution is 2.15. The van der Waals surface area contributed by atoms with E-state index in [1.54, 1.807) is 38.1 Å². The van der Waals surface area contributed by atoms with Gasteiger partial charge in [0.1, 0.15) is 12.4 Å². The molecule has 0 aliphatic heterocycles. The maximum atomic E-state index is 11.6. The highest BCUT2D eigenvalue weighted by Gasteiger charge is 2.13. The van der Waals surface area contributed by atoms with Crippen LogP contribution in [0.15, 0.2) is 24.3 Å². The lowest BCUT2D eigenvalue weighted by atomic mass is 10.1. The highest BCUT2D eigenvalue weighted by molar-refractivity contribution is 5.94. The zero-order valence-corrected chi connectivity index (χ0v) is 10.5. The van der Waals surface area contributed by atoms with Gasteiger partial charge in [-0.2, -0.15) is 0 Å². The Hall–Kier alpha value is -1.55. The summed E-state index contributed by atoms with van der Waals surface area (Å²) in [6.07, 6.45) is 0. The van der Waals surface area contributed by atoms with E-state index >= 15 is 0 Å². The second-order valence-corrected chi connectivity index (χ2v) is 4.49. The van der Waals surface area contributed by atoms with Gasteiger partial charge in [-0.05, 0) is 39.0 Å². The van der Waals surface area contributed by atoms with Gasteiger partial charge >= 0.3 is 0 Å². The number of aliphatic hydroxyl groups is 1. The van der Waals surface area contributed by atoms with Gasteiger partial charge in [0.25, 0.3) is 5.91 Å². The fourth-order valence-electron chi connectivity index (χ4n) is 1.25. The number of carbonyl (C=O) groups excluding carboxylic acids is 1. The van der Waals surface area contributed by atoms with Gasteiger partial charge in [0, 0.05) is 12.1 Å². The monoisotopic (exact) mass is 237 g/mol. The topological polar surface area (TPSA) is 58.6 Å². The zero-order chi connectivity index (χ0) is 12.9. The summed E-state index contributed by atoms with van der Waals surface area (Å²) < 4.78 is 5.41. The molecular weight excluding hydrogens is 218 g/mol. The van der Waals surface area contributed by atoms with Crippen molar-refractivity contribution in [1.82, 2.24) is 5.32 Å². The molecule has 0 spiro atoms. The summed E-state index contributed by atoms with van der Waals surface area (Å²) in [6.45, 7) is 5.98. The number of ether oxygens (including phenoxy) is 1. The number of hydrogen-bond acceptors (Lipinski definition) is 3. The largest absolute Gasteiger partial charge is 0.491 e. The molecule has 1 rings (SSSR count). The molecule has 1 amide bonds. The van der Waals surface area contributed by atoms with Crippen LogP contribution in [-0.4, -0.2) is 29.8 Å². The van der Waals surface area contributed by atoms with Crippen molar-refractivity contribution in [3.05, 3.63) is 29.8 Å². The number of carbonyl (C=O) groups is 1. The zero-order valence-electron chi connectivity index (χ0n) is 10.5. The van der Waals surface area contributed by atoms with E-state index in [0.717, 1.165) is 0 Å². The van der Waals surface area contributed by atoms with E-state index in [2.05, 4.69) is 5.32 Å². The van der Waals surface area contributed by atoms with E-state index in [4.69, 9.17) is 4.74 Å². The second kappa shape index (κ2) is 5.68. The van der Waals surface area contributed by atoms with Crippen LogP contribution in [0.3, 0.4) is 0 Å². The Morgan fingerprint density at radius 1 is 1.47 bits per heavy atom. The smallest absolute Gasteiger partial charge is 0.251 e. The van der Waals surface area contributed by atoms with Crippen molar-refractivity contribution in [2.24, 2.45) is 0 Å². The maximum absolute atomic E-state index is 11.6. The average Bonchev–Trinajstić information content (AvgIpc) is 2.26. The number of rotatable bonds is 5. The normalized spacial score (nSPS) is 11.1. The van der Waals surface area contributed by atoms with E-state index < -0.39 is 5.60 Å². The average molecular weight is 237 g/mol. The van der Waals surface area contributed by atoms with Crippen molar-refractivity contribution >= 4 is 5.91 Å². The van der Waals surface area contributed by atoms with Crippen LogP contribution in [-0.2, 0) is 0 Å². The van der Waals surface area contributed by atoms with Crippen LogP contribution < -0.4 is 10.1 Å². The first-order valence-corrected chi connectivity index (χ1v) is 5.66. The molecule has 0 aromatic heterocycles. The third kappa shape index (κ3) is 4.87. The lowest BCUT2D eigenvalue weighted by Gasteiger charge is -2.18. The van der Waals surface area contributed by atoms with Crippen LogP contribution in [0, 0.1) is 0 Å². The van der Waals surface area contributed by atoms with Crippen LogP contribution >= 0.6 is 0 Å². The number of nitrogens with one attached hydrogen (secondary N) is 1. The second-order valence-electron chi connectivity index (χ2n) is 4.49. The molecule has 17 heavy (non-hydrogen) atoms. The Kier molecular flexibility index (Phi) is 4.52. The van der Waals surface area contributed by atoms with E-state index in [0.29, 0.717) is 17.9 Å². The molecule has 0 atom stereocenters. The van der Waals surface area contributed by atoms with Crippen molar-refractivity contribution in [2.75, 3.05) is 13.2 Å². The lowest BCUT2D eigenvalue weighted by Crippen LogP contribution is -2.28. The molecule has 0 aliphatic carbocycles. The quantitative estimate of drug-likeness (QED) is 0.817. The lowest BCUT2D eigenvalue weighted by molar-refractivity contribution is 0.0285. The molecule has 4 nitrogen and oxygen atoms in total. The van der Waals surface area contributed by atoms with Crippen molar-refractivity contribution < 1.29 is 14.6 Å². The Morgan fingerprint density at radius 2 is 2.18 bits per heavy atom. The van der Waals surface area contributed by atoms with E-state index in [9.17, 15) is 9.90 Å². The third-order valence-electron chi connectivity index (χ3n) is 2.03. The predicted molar refractivity (Wildman–Crippen MR) is 66.2 cm³/mol. The van der Waals surface area contributed by atoms with Crippen LogP contribution in [0.25, 0.3) is 0 Å². The summed E-state index contributed by atoms with van der Waals surface area (Å²) in [7, 11) is 0. The van der Waals surface area contributed by atoms with Crippen LogP contribution in [0.2, 0.25) is 0 Å². The molecule has 94 valence electrons. The third-order valence-corrected chi connectivity index (χ3v) is 2.03. The van der Waals surface area contributed by atoms with Crippen LogP contribution in [0.5, 0.6) is 5.75 Å². The fourth-order valence-corrected chi connectivity index (χ4v) is 1.25. The number of amides is 1. The summed E-state index contributed by atoms with van der Waals surface area (Å²) >= 11 is 0. The number of hydrogen-bond donors (Lipinski definition) is 2. The van der Waals surface area contributed by atoms with Crippen molar-refractivity contribution in [2.45, 2.75) is 26.4 Å². The minimum Gasteiger partial charge on any atom is -0.491 e. The summed E-state index contributed by atoms with van der Waals surface area (Å²) in [6, 6.07) is 6.90. The molecule has 0 fully saturated rings. The summed E-state index contributed by atoms with van der Waals surface area (Å²) in [5.41, 5.74) is -0.332. The summed E-state index contributed by atoms with van der Waals surface area (Å²) in [4.78, 5) is 11.6. The number of benzene rings is 1. The standard InChI is InChI=1S/C13H19NO3/c1-4-14-12(15)10-6-5-7-11(8-10)17-9-13(2,3)16/h5-8,16H,4,9H2,1-3H3,(H,14,15). The first kappa shape index (κ1) is 13.5. The Labute approximate surface area is 102 Å². The Bertz CT molecular complexity index is 382. The van der Waals surface area contributed by atoms with Gasteiger partial charge in [0.15, 0.2) is 0 Å². The molecule has 4 heteroatoms. The molecule has 0 aliphatic rings. The fraction of sp³-hybridized carbons (Fsp3) is 0.462. The Morgan fingerprint density at radius 3 is 2.76 bits per heavy atom. The molecule has 0 radical (unpaired) electrons. The van der Waals surface area contributed by atoms with Crippen molar-refractivity contribution in [3.63, 3.8) is 0 Å². The first-order chi connectivity index (χ1) is 7.92. The van der Waals surface area contributed by atoms with Gasteiger partial charge < -0.3 is 15.2 Å². The molecule has 1 aromatic rings. The van der Waals surface area contributed by atoms with Crippen LogP contribution in [0.4, 0.5) is 0 Å². The first-order valence-electron chi connectivity index (χ1n) is 5.66. The van der Waals surface area contributed by atoms with Crippen molar-refractivity contribution in [1.29, 1.82) is 0 Å². The van der Waals surface area contributed by atoms with Gasteiger partial charge in [-0.25, -0.2) is 0 Å². The minimum atomic E-state index is -0.887. The maximum Gasteiger partial charge on any atom is 0.251 e. The van der Waals surface area contributed by atoms with E-state index in [1.807, 2.05) is 6.92 Å². The van der Waals surface area contributed by atoms with E-state index in [-0.39, 0.29) is 12.5 Å². The van der Waals surface area contributed by atoms with Gasteiger partial charge in [0.2, 0.25) is 0 Å². The minimum absolute atomic E-state index is 0.124. The molecule has 2 N–H and O–H groups in total. The SMILES string of the molecule is CCNC(=O)c1cccc(OCC(C)(C)O)c1.